The Kier molecular flexibility index (Phi) is 3.13. The van der Waals surface area contributed by atoms with Gasteiger partial charge in [0, 0.05) is 6.61 Å². The molecule has 0 aliphatic heterocycles. The summed E-state index contributed by atoms with van der Waals surface area (Å²) >= 11 is 0. The highest BCUT2D eigenvalue weighted by Gasteiger charge is 2.36. The number of nitrogens with zero attached hydrogens (tertiary/aromatic N) is 4. The van der Waals surface area contributed by atoms with Crippen molar-refractivity contribution in [1.82, 2.24) is 19.5 Å². The second-order valence-electron chi connectivity index (χ2n) is 4.72. The van der Waals surface area contributed by atoms with Crippen LogP contribution < -0.4 is 5.73 Å². The Balaban J connectivity index is 2.05. The van der Waals surface area contributed by atoms with Gasteiger partial charge in [-0.05, 0) is 12.0 Å². The molecule has 2 aromatic heterocycles. The summed E-state index contributed by atoms with van der Waals surface area (Å²) < 4.78 is 1.64. The predicted molar refractivity (Wildman–Crippen MR) is 70.6 cm³/mol. The van der Waals surface area contributed by atoms with E-state index in [0.717, 1.165) is 0 Å². The fourth-order valence-corrected chi connectivity index (χ4v) is 2.52. The van der Waals surface area contributed by atoms with Gasteiger partial charge in [-0.15, -0.1) is 0 Å². The van der Waals surface area contributed by atoms with Crippen LogP contribution in [0, 0.1) is 0 Å². The number of nitrogens with two attached hydrogens (primary N) is 1. The number of anilines is 1. The third kappa shape index (κ3) is 1.85. The van der Waals surface area contributed by atoms with E-state index in [9.17, 15) is 10.2 Å². The van der Waals surface area contributed by atoms with Crippen LogP contribution >= 0.6 is 0 Å². The van der Waals surface area contributed by atoms with Gasteiger partial charge in [0.05, 0.1) is 12.4 Å². The lowest BCUT2D eigenvalue weighted by atomic mass is 10.1. The highest BCUT2D eigenvalue weighted by Crippen LogP contribution is 2.33. The molecule has 8 heteroatoms. The van der Waals surface area contributed by atoms with Crippen LogP contribution in [0.4, 0.5) is 5.82 Å². The SMILES string of the molecule is Nc1ncnc2c1ncn2C1C=C(CCO)[C@@H](O)[C@H]1O. The van der Waals surface area contributed by atoms with Crippen molar-refractivity contribution < 1.29 is 15.3 Å². The van der Waals surface area contributed by atoms with Gasteiger partial charge in [0.1, 0.15) is 24.1 Å². The highest BCUT2D eigenvalue weighted by molar-refractivity contribution is 5.81. The van der Waals surface area contributed by atoms with Crippen LogP contribution in [0.2, 0.25) is 0 Å². The maximum Gasteiger partial charge on any atom is 0.166 e. The van der Waals surface area contributed by atoms with Gasteiger partial charge in [-0.3, -0.25) is 0 Å². The van der Waals surface area contributed by atoms with Crippen LogP contribution in [-0.2, 0) is 0 Å². The fraction of sp³-hybridized carbons (Fsp3) is 0.417. The minimum atomic E-state index is -1.01. The lowest BCUT2D eigenvalue weighted by molar-refractivity contribution is 0.0307. The van der Waals surface area contributed by atoms with Crippen molar-refractivity contribution in [1.29, 1.82) is 0 Å². The lowest BCUT2D eigenvalue weighted by Gasteiger charge is -2.18. The number of aliphatic hydroxyl groups is 3. The molecule has 3 atom stereocenters. The summed E-state index contributed by atoms with van der Waals surface area (Å²) in [5, 5.41) is 29.1. The smallest absolute Gasteiger partial charge is 0.166 e. The van der Waals surface area contributed by atoms with Gasteiger partial charge in [-0.25, -0.2) is 15.0 Å². The average molecular weight is 277 g/mol. The maximum absolute atomic E-state index is 10.1. The molecule has 0 amide bonds. The number of aromatic nitrogens is 4. The molecule has 106 valence electrons. The number of nitrogen functional groups attached to an aromatic ring is 1. The van der Waals surface area contributed by atoms with Crippen LogP contribution in [-0.4, -0.2) is 53.7 Å². The molecule has 1 aliphatic rings. The number of hydrogen-bond donors (Lipinski definition) is 4. The Bertz CT molecular complexity index is 668. The molecule has 20 heavy (non-hydrogen) atoms. The first-order valence-corrected chi connectivity index (χ1v) is 6.24. The number of aliphatic hydroxyl groups excluding tert-OH is 3. The second-order valence-corrected chi connectivity index (χ2v) is 4.72. The fourth-order valence-electron chi connectivity index (χ4n) is 2.52. The Labute approximate surface area is 114 Å². The Morgan fingerprint density at radius 3 is 2.80 bits per heavy atom. The molecular weight excluding hydrogens is 262 g/mol. The van der Waals surface area contributed by atoms with E-state index in [0.29, 0.717) is 23.2 Å². The van der Waals surface area contributed by atoms with Crippen molar-refractivity contribution in [2.45, 2.75) is 24.7 Å². The molecule has 0 fully saturated rings. The van der Waals surface area contributed by atoms with Crippen LogP contribution in [0.3, 0.4) is 0 Å². The van der Waals surface area contributed by atoms with Gasteiger partial charge < -0.3 is 25.6 Å². The monoisotopic (exact) mass is 277 g/mol. The molecule has 0 saturated carbocycles. The van der Waals surface area contributed by atoms with Crippen LogP contribution in [0.15, 0.2) is 24.3 Å². The highest BCUT2D eigenvalue weighted by atomic mass is 16.3. The molecule has 1 aliphatic carbocycles. The molecule has 0 bridgehead atoms. The van der Waals surface area contributed by atoms with E-state index in [4.69, 9.17) is 10.8 Å². The normalized spacial score (nSPS) is 26.1. The van der Waals surface area contributed by atoms with E-state index in [1.165, 1.54) is 12.7 Å². The molecule has 1 unspecified atom stereocenters. The lowest BCUT2D eigenvalue weighted by Crippen LogP contribution is -2.29. The van der Waals surface area contributed by atoms with E-state index < -0.39 is 18.2 Å². The average Bonchev–Trinajstić information content (AvgIpc) is 2.97. The summed E-state index contributed by atoms with van der Waals surface area (Å²) in [7, 11) is 0. The van der Waals surface area contributed by atoms with Gasteiger partial charge in [-0.2, -0.15) is 0 Å². The molecule has 8 nitrogen and oxygen atoms in total. The van der Waals surface area contributed by atoms with Gasteiger partial charge in [0.25, 0.3) is 0 Å². The van der Waals surface area contributed by atoms with E-state index >= 15 is 0 Å². The molecule has 0 saturated heterocycles. The summed E-state index contributed by atoms with van der Waals surface area (Å²) in [5.74, 6) is 0.265. The van der Waals surface area contributed by atoms with Crippen molar-refractivity contribution in [3.05, 3.63) is 24.3 Å². The Morgan fingerprint density at radius 1 is 1.25 bits per heavy atom. The first kappa shape index (κ1) is 13.0. The summed E-state index contributed by atoms with van der Waals surface area (Å²) in [6, 6.07) is -0.495. The summed E-state index contributed by atoms with van der Waals surface area (Å²) in [6.07, 6.45) is 2.87. The van der Waals surface area contributed by atoms with Crippen molar-refractivity contribution >= 4 is 17.0 Å². The molecular formula is C12H15N5O3. The Morgan fingerprint density at radius 2 is 2.05 bits per heavy atom. The minimum absolute atomic E-state index is 0.0812. The summed E-state index contributed by atoms with van der Waals surface area (Å²) in [5.41, 5.74) is 7.28. The third-order valence-electron chi connectivity index (χ3n) is 3.55. The number of fused-ring (bicyclic) bond motifs is 1. The van der Waals surface area contributed by atoms with E-state index in [-0.39, 0.29) is 12.4 Å². The van der Waals surface area contributed by atoms with E-state index in [1.807, 2.05) is 0 Å². The van der Waals surface area contributed by atoms with Gasteiger partial charge in [0.2, 0.25) is 0 Å². The number of hydrogen-bond acceptors (Lipinski definition) is 7. The molecule has 2 aromatic rings. The minimum Gasteiger partial charge on any atom is -0.396 e. The van der Waals surface area contributed by atoms with Crippen LogP contribution in [0.1, 0.15) is 12.5 Å². The molecule has 2 heterocycles. The van der Waals surface area contributed by atoms with Crippen molar-refractivity contribution in [3.8, 4) is 0 Å². The van der Waals surface area contributed by atoms with E-state index in [1.54, 1.807) is 10.6 Å². The van der Waals surface area contributed by atoms with Gasteiger partial charge in [0.15, 0.2) is 11.5 Å². The van der Waals surface area contributed by atoms with E-state index in [2.05, 4.69) is 15.0 Å². The van der Waals surface area contributed by atoms with Crippen molar-refractivity contribution in [2.24, 2.45) is 0 Å². The van der Waals surface area contributed by atoms with Crippen molar-refractivity contribution in [3.63, 3.8) is 0 Å². The van der Waals surface area contributed by atoms with Crippen LogP contribution in [0.25, 0.3) is 11.2 Å². The zero-order chi connectivity index (χ0) is 14.3. The first-order chi connectivity index (χ1) is 9.63. The maximum atomic E-state index is 10.1. The summed E-state index contributed by atoms with van der Waals surface area (Å²) in [6.45, 7) is -0.0812. The predicted octanol–water partition coefficient (Wildman–Crippen LogP) is -1.01. The van der Waals surface area contributed by atoms with Crippen molar-refractivity contribution in [2.75, 3.05) is 12.3 Å². The number of rotatable bonds is 3. The van der Waals surface area contributed by atoms with Gasteiger partial charge >= 0.3 is 0 Å². The third-order valence-corrected chi connectivity index (χ3v) is 3.55. The Hall–Kier alpha value is -2.03. The molecule has 5 N–H and O–H groups in total. The molecule has 3 rings (SSSR count). The largest absolute Gasteiger partial charge is 0.396 e. The second kappa shape index (κ2) is 4.82. The zero-order valence-electron chi connectivity index (χ0n) is 10.6. The topological polar surface area (TPSA) is 130 Å². The quantitative estimate of drug-likeness (QED) is 0.529. The molecule has 0 aromatic carbocycles. The van der Waals surface area contributed by atoms with Crippen LogP contribution in [0.5, 0.6) is 0 Å². The standard InChI is InChI=1S/C12H15N5O3/c13-11-8-12(15-4-14-11)17(5-16-8)7-3-6(1-2-18)9(19)10(7)20/h3-5,7,9-10,18-20H,1-2H2,(H2,13,14,15)/t7?,9-,10+/m1/s1. The zero-order valence-corrected chi connectivity index (χ0v) is 10.6. The molecule has 0 radical (unpaired) electrons. The summed E-state index contributed by atoms with van der Waals surface area (Å²) in [4.78, 5) is 12.1. The number of imidazole rings is 1. The first-order valence-electron chi connectivity index (χ1n) is 6.24. The van der Waals surface area contributed by atoms with Gasteiger partial charge in [-0.1, -0.05) is 6.08 Å². The molecule has 0 spiro atoms.